The van der Waals surface area contributed by atoms with Gasteiger partial charge in [0.2, 0.25) is 0 Å². The summed E-state index contributed by atoms with van der Waals surface area (Å²) in [6.45, 7) is 6.56. The molecule has 0 spiro atoms. The molecule has 0 aromatic heterocycles. The fourth-order valence-electron chi connectivity index (χ4n) is 4.38. The van der Waals surface area contributed by atoms with Crippen molar-refractivity contribution < 1.29 is 28.9 Å². The van der Waals surface area contributed by atoms with Gasteiger partial charge in [-0.25, -0.2) is 0 Å². The lowest BCUT2D eigenvalue weighted by molar-refractivity contribution is -0.132. The molecule has 0 bridgehead atoms. The largest absolute Gasteiger partial charge is 0.506 e. The van der Waals surface area contributed by atoms with E-state index in [1.165, 1.54) is 19.1 Å². The molecule has 1 amide bonds. The van der Waals surface area contributed by atoms with Gasteiger partial charge in [-0.2, -0.15) is 0 Å². The molecule has 0 aliphatic carbocycles. The van der Waals surface area contributed by atoms with Crippen LogP contribution in [0.4, 0.5) is 5.69 Å². The van der Waals surface area contributed by atoms with Gasteiger partial charge < -0.3 is 19.3 Å². The number of aryl methyl sites for hydroxylation is 1. The van der Waals surface area contributed by atoms with E-state index in [2.05, 4.69) is 13.8 Å². The number of carbonyl (C=O) groups is 2. The minimum absolute atomic E-state index is 0.0608. The molecule has 1 atom stereocenters. The van der Waals surface area contributed by atoms with Gasteiger partial charge in [0.05, 0.1) is 32.4 Å². The highest BCUT2D eigenvalue weighted by Gasteiger charge is 2.47. The van der Waals surface area contributed by atoms with Crippen LogP contribution in [0.5, 0.6) is 17.2 Å². The topological polar surface area (TPSA) is 85.3 Å². The number of methoxy groups -OCH3 is 2. The number of Topliss-reactive ketones (excluding diaryl/α,β-unsaturated/α-hetero) is 1. The van der Waals surface area contributed by atoms with Crippen molar-refractivity contribution in [1.29, 1.82) is 0 Å². The van der Waals surface area contributed by atoms with Crippen molar-refractivity contribution in [3.63, 3.8) is 0 Å². The van der Waals surface area contributed by atoms with E-state index in [1.807, 2.05) is 37.3 Å². The van der Waals surface area contributed by atoms with Crippen LogP contribution in [-0.2, 0) is 9.59 Å². The van der Waals surface area contributed by atoms with Gasteiger partial charge in [-0.3, -0.25) is 14.5 Å². The molecule has 7 nitrogen and oxygen atoms in total. The summed E-state index contributed by atoms with van der Waals surface area (Å²) in [5, 5.41) is 11.6. The molecule has 1 unspecified atom stereocenters. The Morgan fingerprint density at radius 3 is 2.16 bits per heavy atom. The zero-order valence-electron chi connectivity index (χ0n) is 21.6. The fourth-order valence-corrected chi connectivity index (χ4v) is 4.38. The van der Waals surface area contributed by atoms with Crippen LogP contribution >= 0.6 is 0 Å². The fraction of sp³-hybridized carbons (Fsp3) is 0.267. The number of carbonyl (C=O) groups excluding carboxylic acids is 2. The first-order valence-corrected chi connectivity index (χ1v) is 12.1. The second kappa shape index (κ2) is 10.8. The Morgan fingerprint density at radius 2 is 1.57 bits per heavy atom. The number of ketones is 1. The molecule has 1 saturated heterocycles. The molecule has 1 heterocycles. The van der Waals surface area contributed by atoms with Crippen LogP contribution in [0, 0.1) is 12.8 Å². The highest BCUT2D eigenvalue weighted by molar-refractivity contribution is 6.51. The number of benzene rings is 3. The molecule has 0 radical (unpaired) electrons. The predicted octanol–water partition coefficient (Wildman–Crippen LogP) is 5.67. The number of rotatable bonds is 8. The Morgan fingerprint density at radius 1 is 0.946 bits per heavy atom. The number of nitrogens with zero attached hydrogens (tertiary/aromatic N) is 1. The number of hydrogen-bond acceptors (Lipinski definition) is 6. The Kier molecular flexibility index (Phi) is 7.53. The quantitative estimate of drug-likeness (QED) is 0.243. The molecule has 0 saturated carbocycles. The number of aliphatic hydroxyl groups is 1. The van der Waals surface area contributed by atoms with Crippen LogP contribution < -0.4 is 19.1 Å². The number of amides is 1. The van der Waals surface area contributed by atoms with E-state index in [-0.39, 0.29) is 16.9 Å². The minimum atomic E-state index is -0.903. The van der Waals surface area contributed by atoms with Gasteiger partial charge in [0.1, 0.15) is 28.6 Å². The van der Waals surface area contributed by atoms with E-state index < -0.39 is 17.7 Å². The second-order valence-electron chi connectivity index (χ2n) is 9.32. The molecule has 37 heavy (non-hydrogen) atoms. The summed E-state index contributed by atoms with van der Waals surface area (Å²) in [6.07, 6.45) is 0. The highest BCUT2D eigenvalue weighted by Crippen LogP contribution is 2.45. The molecule has 1 N–H and O–H groups in total. The van der Waals surface area contributed by atoms with E-state index in [4.69, 9.17) is 14.2 Å². The van der Waals surface area contributed by atoms with Crippen molar-refractivity contribution in [1.82, 2.24) is 0 Å². The molecular weight excluding hydrogens is 470 g/mol. The predicted molar refractivity (Wildman–Crippen MR) is 142 cm³/mol. The molecule has 4 rings (SSSR count). The van der Waals surface area contributed by atoms with Gasteiger partial charge in [-0.05, 0) is 54.8 Å². The first-order chi connectivity index (χ1) is 17.8. The number of hydrogen-bond donors (Lipinski definition) is 1. The molecule has 1 fully saturated rings. The Labute approximate surface area is 216 Å². The van der Waals surface area contributed by atoms with Gasteiger partial charge in [-0.1, -0.05) is 49.7 Å². The second-order valence-corrected chi connectivity index (χ2v) is 9.32. The van der Waals surface area contributed by atoms with Gasteiger partial charge in [0.25, 0.3) is 11.7 Å². The SMILES string of the molecule is COc1cccc(OC)c1/C(O)=C1\C(=O)C(=O)N(c2ccc(C)cc2)C1c1cccc(OCC(C)C)c1. The molecule has 192 valence electrons. The van der Waals surface area contributed by atoms with Crippen molar-refractivity contribution >= 4 is 23.1 Å². The summed E-state index contributed by atoms with van der Waals surface area (Å²) in [5.41, 5.74) is 2.31. The average molecular weight is 502 g/mol. The zero-order valence-corrected chi connectivity index (χ0v) is 21.6. The van der Waals surface area contributed by atoms with E-state index >= 15 is 0 Å². The van der Waals surface area contributed by atoms with Gasteiger partial charge >= 0.3 is 0 Å². The maximum absolute atomic E-state index is 13.5. The van der Waals surface area contributed by atoms with Crippen LogP contribution in [0.1, 0.15) is 36.6 Å². The van der Waals surface area contributed by atoms with Gasteiger partial charge in [0.15, 0.2) is 0 Å². The van der Waals surface area contributed by atoms with Crippen LogP contribution in [0.25, 0.3) is 5.76 Å². The lowest BCUT2D eigenvalue weighted by Gasteiger charge is -2.26. The highest BCUT2D eigenvalue weighted by atomic mass is 16.5. The Balaban J connectivity index is 1.96. The number of anilines is 1. The van der Waals surface area contributed by atoms with Crippen LogP contribution in [0.15, 0.2) is 72.3 Å². The Hall–Kier alpha value is -4.26. The van der Waals surface area contributed by atoms with Crippen molar-refractivity contribution in [2.24, 2.45) is 5.92 Å². The third-order valence-electron chi connectivity index (χ3n) is 6.18. The van der Waals surface area contributed by atoms with E-state index in [0.29, 0.717) is 41.0 Å². The normalized spacial score (nSPS) is 16.8. The minimum Gasteiger partial charge on any atom is -0.506 e. The monoisotopic (exact) mass is 501 g/mol. The average Bonchev–Trinajstić information content (AvgIpc) is 3.17. The summed E-state index contributed by atoms with van der Waals surface area (Å²) in [7, 11) is 2.92. The maximum Gasteiger partial charge on any atom is 0.300 e. The van der Waals surface area contributed by atoms with Crippen molar-refractivity contribution in [3.8, 4) is 17.2 Å². The van der Waals surface area contributed by atoms with Crippen LogP contribution in [0.3, 0.4) is 0 Å². The first-order valence-electron chi connectivity index (χ1n) is 12.1. The standard InChI is InChI=1S/C30H31NO6/c1-18(2)17-37-22-9-6-8-20(16-22)27-26(28(32)25-23(35-4)10-7-11-24(25)36-5)29(33)30(34)31(27)21-14-12-19(3)13-15-21/h6-16,18,27,32H,17H2,1-5H3/b28-26+. The van der Waals surface area contributed by atoms with Gasteiger partial charge in [-0.15, -0.1) is 0 Å². The smallest absolute Gasteiger partial charge is 0.300 e. The third kappa shape index (κ3) is 5.03. The maximum atomic E-state index is 13.5. The zero-order chi connectivity index (χ0) is 26.7. The van der Waals surface area contributed by atoms with Crippen LogP contribution in [0.2, 0.25) is 0 Å². The first kappa shape index (κ1) is 25.8. The molecule has 3 aromatic carbocycles. The number of ether oxygens (including phenoxy) is 3. The summed E-state index contributed by atoms with van der Waals surface area (Å²) < 4.78 is 16.9. The lowest BCUT2D eigenvalue weighted by atomic mass is 9.94. The molecular formula is C30H31NO6. The van der Waals surface area contributed by atoms with Crippen molar-refractivity contribution in [2.75, 3.05) is 25.7 Å². The summed E-state index contributed by atoms with van der Waals surface area (Å²) in [4.78, 5) is 28.4. The molecule has 3 aromatic rings. The number of aliphatic hydroxyl groups excluding tert-OH is 1. The lowest BCUT2D eigenvalue weighted by Crippen LogP contribution is -2.29. The van der Waals surface area contributed by atoms with Gasteiger partial charge in [0, 0.05) is 5.69 Å². The van der Waals surface area contributed by atoms with Crippen LogP contribution in [-0.4, -0.2) is 37.6 Å². The summed E-state index contributed by atoms with van der Waals surface area (Å²) in [5.74, 6) is -0.365. The van der Waals surface area contributed by atoms with E-state index in [0.717, 1.165) is 5.56 Å². The van der Waals surface area contributed by atoms with Crippen molar-refractivity contribution in [3.05, 3.63) is 89.0 Å². The Bertz CT molecular complexity index is 1320. The third-order valence-corrected chi connectivity index (χ3v) is 6.18. The van der Waals surface area contributed by atoms with E-state index in [9.17, 15) is 14.7 Å². The summed E-state index contributed by atoms with van der Waals surface area (Å²) >= 11 is 0. The molecule has 1 aliphatic heterocycles. The van der Waals surface area contributed by atoms with Crippen molar-refractivity contribution in [2.45, 2.75) is 26.8 Å². The summed E-state index contributed by atoms with van der Waals surface area (Å²) in [6, 6.07) is 18.7. The molecule has 1 aliphatic rings. The molecule has 7 heteroatoms. The van der Waals surface area contributed by atoms with E-state index in [1.54, 1.807) is 36.4 Å².